The standard InChI is InChI=1S/C17H20N2O3S/c1-11-5-7-16(8-6-11)23(21,22)19-17-12(2)9-15(10-13(17)3)18-14(4)20/h5-10,19H,1-4H3,(H,18,20). The van der Waals surface area contributed by atoms with Gasteiger partial charge in [0, 0.05) is 12.6 Å². The van der Waals surface area contributed by atoms with E-state index in [4.69, 9.17) is 0 Å². The Morgan fingerprint density at radius 3 is 1.96 bits per heavy atom. The van der Waals surface area contributed by atoms with Gasteiger partial charge in [-0.3, -0.25) is 9.52 Å². The fourth-order valence-corrected chi connectivity index (χ4v) is 3.51. The average molecular weight is 332 g/mol. The molecule has 0 saturated heterocycles. The summed E-state index contributed by atoms with van der Waals surface area (Å²) in [5, 5.41) is 2.70. The number of amides is 1. The predicted molar refractivity (Wildman–Crippen MR) is 92.2 cm³/mol. The van der Waals surface area contributed by atoms with Gasteiger partial charge < -0.3 is 5.32 Å². The summed E-state index contributed by atoms with van der Waals surface area (Å²) in [5.74, 6) is -0.170. The number of carbonyl (C=O) groups is 1. The van der Waals surface area contributed by atoms with E-state index in [1.54, 1.807) is 50.2 Å². The van der Waals surface area contributed by atoms with Crippen molar-refractivity contribution in [3.05, 3.63) is 53.1 Å². The second-order valence-electron chi connectivity index (χ2n) is 5.58. The Hall–Kier alpha value is -2.34. The molecule has 1 amide bonds. The van der Waals surface area contributed by atoms with Crippen LogP contribution in [0.1, 0.15) is 23.6 Å². The molecule has 6 heteroatoms. The molecule has 0 unspecified atom stereocenters. The molecule has 0 bridgehead atoms. The van der Waals surface area contributed by atoms with E-state index >= 15 is 0 Å². The SMILES string of the molecule is CC(=O)Nc1cc(C)c(NS(=O)(=O)c2ccc(C)cc2)c(C)c1. The number of rotatable bonds is 4. The number of nitrogens with one attached hydrogen (secondary N) is 2. The van der Waals surface area contributed by atoms with Crippen LogP contribution in [0.15, 0.2) is 41.3 Å². The number of aryl methyl sites for hydroxylation is 3. The monoisotopic (exact) mass is 332 g/mol. The minimum atomic E-state index is -3.65. The highest BCUT2D eigenvalue weighted by molar-refractivity contribution is 7.92. The van der Waals surface area contributed by atoms with Crippen LogP contribution in [-0.4, -0.2) is 14.3 Å². The minimum absolute atomic E-state index is 0.170. The van der Waals surface area contributed by atoms with Crippen molar-refractivity contribution in [3.63, 3.8) is 0 Å². The number of hydrogen-bond donors (Lipinski definition) is 2. The van der Waals surface area contributed by atoms with Crippen molar-refractivity contribution in [2.75, 3.05) is 10.0 Å². The smallest absolute Gasteiger partial charge is 0.261 e. The maximum absolute atomic E-state index is 12.5. The second kappa shape index (κ2) is 6.42. The Kier molecular flexibility index (Phi) is 4.75. The second-order valence-corrected chi connectivity index (χ2v) is 7.27. The Labute approximate surface area is 136 Å². The van der Waals surface area contributed by atoms with Gasteiger partial charge in [0.2, 0.25) is 5.91 Å². The highest BCUT2D eigenvalue weighted by Crippen LogP contribution is 2.27. The van der Waals surface area contributed by atoms with Gasteiger partial charge in [0.15, 0.2) is 0 Å². The van der Waals surface area contributed by atoms with Crippen molar-refractivity contribution in [2.24, 2.45) is 0 Å². The van der Waals surface area contributed by atoms with E-state index in [9.17, 15) is 13.2 Å². The van der Waals surface area contributed by atoms with E-state index in [0.717, 1.165) is 16.7 Å². The fourth-order valence-electron chi connectivity index (χ4n) is 2.31. The average Bonchev–Trinajstić information content (AvgIpc) is 2.43. The number of sulfonamides is 1. The van der Waals surface area contributed by atoms with Crippen LogP contribution in [0.5, 0.6) is 0 Å². The van der Waals surface area contributed by atoms with Crippen molar-refractivity contribution < 1.29 is 13.2 Å². The minimum Gasteiger partial charge on any atom is -0.326 e. The largest absolute Gasteiger partial charge is 0.326 e. The first-order valence-corrected chi connectivity index (χ1v) is 8.65. The van der Waals surface area contributed by atoms with Gasteiger partial charge in [-0.15, -0.1) is 0 Å². The van der Waals surface area contributed by atoms with Gasteiger partial charge in [0.1, 0.15) is 0 Å². The van der Waals surface area contributed by atoms with Crippen LogP contribution >= 0.6 is 0 Å². The summed E-state index contributed by atoms with van der Waals surface area (Å²) in [5.41, 5.74) is 3.65. The summed E-state index contributed by atoms with van der Waals surface area (Å²) in [6.07, 6.45) is 0. The molecule has 2 N–H and O–H groups in total. The van der Waals surface area contributed by atoms with Crippen molar-refractivity contribution in [1.82, 2.24) is 0 Å². The predicted octanol–water partition coefficient (Wildman–Crippen LogP) is 3.37. The van der Waals surface area contributed by atoms with Crippen LogP contribution in [0.2, 0.25) is 0 Å². The fraction of sp³-hybridized carbons (Fsp3) is 0.235. The topological polar surface area (TPSA) is 75.3 Å². The summed E-state index contributed by atoms with van der Waals surface area (Å²) >= 11 is 0. The Bertz CT molecular complexity index is 818. The molecule has 0 atom stereocenters. The molecule has 0 aliphatic heterocycles. The molecule has 0 aliphatic carbocycles. The lowest BCUT2D eigenvalue weighted by atomic mass is 10.1. The zero-order chi connectivity index (χ0) is 17.2. The van der Waals surface area contributed by atoms with Crippen LogP contribution < -0.4 is 10.0 Å². The third kappa shape index (κ3) is 4.10. The first kappa shape index (κ1) is 17.0. The van der Waals surface area contributed by atoms with E-state index in [1.165, 1.54) is 6.92 Å². The molecule has 0 heterocycles. The number of carbonyl (C=O) groups excluding carboxylic acids is 1. The lowest BCUT2D eigenvalue weighted by Gasteiger charge is -2.15. The zero-order valence-electron chi connectivity index (χ0n) is 13.6. The van der Waals surface area contributed by atoms with Crippen molar-refractivity contribution >= 4 is 27.3 Å². The highest BCUT2D eigenvalue weighted by atomic mass is 32.2. The molecule has 5 nitrogen and oxygen atoms in total. The zero-order valence-corrected chi connectivity index (χ0v) is 14.4. The quantitative estimate of drug-likeness (QED) is 0.901. The van der Waals surface area contributed by atoms with Gasteiger partial charge >= 0.3 is 0 Å². The molecule has 2 aromatic rings. The molecule has 0 saturated carbocycles. The van der Waals surface area contributed by atoms with Crippen molar-refractivity contribution in [3.8, 4) is 0 Å². The van der Waals surface area contributed by atoms with Crippen LogP contribution in [0.4, 0.5) is 11.4 Å². The maximum atomic E-state index is 12.5. The van der Waals surface area contributed by atoms with E-state index in [2.05, 4.69) is 10.0 Å². The first-order valence-electron chi connectivity index (χ1n) is 7.17. The molecule has 2 aromatic carbocycles. The van der Waals surface area contributed by atoms with Crippen molar-refractivity contribution in [2.45, 2.75) is 32.6 Å². The van der Waals surface area contributed by atoms with Crippen LogP contribution in [0, 0.1) is 20.8 Å². The molecule has 23 heavy (non-hydrogen) atoms. The summed E-state index contributed by atoms with van der Waals surface area (Å²) in [6.45, 7) is 6.92. The number of hydrogen-bond acceptors (Lipinski definition) is 3. The summed E-state index contributed by atoms with van der Waals surface area (Å²) in [4.78, 5) is 11.4. The normalized spacial score (nSPS) is 11.1. The molecule has 0 aromatic heterocycles. The van der Waals surface area contributed by atoms with E-state index in [0.29, 0.717) is 11.4 Å². The Morgan fingerprint density at radius 2 is 1.48 bits per heavy atom. The van der Waals surface area contributed by atoms with Gasteiger partial charge in [-0.25, -0.2) is 8.42 Å². The molecular formula is C17H20N2O3S. The molecule has 0 spiro atoms. The van der Waals surface area contributed by atoms with Gasteiger partial charge in [0.05, 0.1) is 10.6 Å². The molecule has 122 valence electrons. The lowest BCUT2D eigenvalue weighted by molar-refractivity contribution is -0.114. The molecular weight excluding hydrogens is 312 g/mol. The maximum Gasteiger partial charge on any atom is 0.261 e. The summed E-state index contributed by atoms with van der Waals surface area (Å²) in [6, 6.07) is 10.1. The molecule has 0 fully saturated rings. The van der Waals surface area contributed by atoms with E-state index < -0.39 is 10.0 Å². The van der Waals surface area contributed by atoms with Crippen LogP contribution in [0.3, 0.4) is 0 Å². The van der Waals surface area contributed by atoms with Gasteiger partial charge in [-0.1, -0.05) is 17.7 Å². The lowest BCUT2D eigenvalue weighted by Crippen LogP contribution is -2.15. The Morgan fingerprint density at radius 1 is 0.957 bits per heavy atom. The summed E-state index contributed by atoms with van der Waals surface area (Å²) in [7, 11) is -3.65. The highest BCUT2D eigenvalue weighted by Gasteiger charge is 2.17. The van der Waals surface area contributed by atoms with Gasteiger partial charge in [-0.2, -0.15) is 0 Å². The first-order chi connectivity index (χ1) is 10.7. The number of anilines is 2. The van der Waals surface area contributed by atoms with E-state index in [-0.39, 0.29) is 10.8 Å². The van der Waals surface area contributed by atoms with Gasteiger partial charge in [-0.05, 0) is 56.2 Å². The third-order valence-electron chi connectivity index (χ3n) is 3.42. The van der Waals surface area contributed by atoms with Gasteiger partial charge in [0.25, 0.3) is 10.0 Å². The molecule has 0 aliphatic rings. The Balaban J connectivity index is 2.36. The van der Waals surface area contributed by atoms with E-state index in [1.807, 2.05) is 6.92 Å². The third-order valence-corrected chi connectivity index (χ3v) is 4.79. The van der Waals surface area contributed by atoms with Crippen molar-refractivity contribution in [1.29, 1.82) is 0 Å². The molecule has 2 rings (SSSR count). The number of benzene rings is 2. The van der Waals surface area contributed by atoms with Crippen LogP contribution in [-0.2, 0) is 14.8 Å². The summed E-state index contributed by atoms with van der Waals surface area (Å²) < 4.78 is 27.6. The van der Waals surface area contributed by atoms with Crippen LogP contribution in [0.25, 0.3) is 0 Å². The molecule has 0 radical (unpaired) electrons.